The second-order valence-electron chi connectivity index (χ2n) is 6.34. The molecule has 28 heavy (non-hydrogen) atoms. The molecule has 0 saturated heterocycles. The summed E-state index contributed by atoms with van der Waals surface area (Å²) in [6.07, 6.45) is 0.996. The van der Waals surface area contributed by atoms with Crippen molar-refractivity contribution >= 4 is 28.9 Å². The number of methoxy groups -OCH3 is 2. The zero-order chi connectivity index (χ0) is 20.1. The number of benzene rings is 1. The Kier molecular flexibility index (Phi) is 6.30. The lowest BCUT2D eigenvalue weighted by Gasteiger charge is -2.20. The molecule has 0 saturated carbocycles. The summed E-state index contributed by atoms with van der Waals surface area (Å²) in [5.41, 5.74) is 1.64. The number of carbonyl (C=O) groups excluding carboxylic acids is 1. The molecule has 7 nitrogen and oxygen atoms in total. The fourth-order valence-electron chi connectivity index (χ4n) is 3.14. The Labute approximate surface area is 167 Å². The Bertz CT molecular complexity index is 879. The highest BCUT2D eigenvalue weighted by Crippen LogP contribution is 2.37. The molecule has 0 spiro atoms. The second-order valence-corrected chi connectivity index (χ2v) is 7.32. The van der Waals surface area contributed by atoms with E-state index >= 15 is 0 Å². The molecule has 3 rings (SSSR count). The number of aliphatic carboxylic acids is 1. The van der Waals surface area contributed by atoms with Gasteiger partial charge in [-0.1, -0.05) is 6.07 Å². The number of carbonyl (C=O) groups is 2. The van der Waals surface area contributed by atoms with E-state index in [2.05, 4.69) is 5.10 Å². The van der Waals surface area contributed by atoms with Crippen molar-refractivity contribution in [3.05, 3.63) is 46.2 Å². The van der Waals surface area contributed by atoms with Gasteiger partial charge in [-0.3, -0.25) is 9.59 Å². The van der Waals surface area contributed by atoms with Crippen molar-refractivity contribution in [1.82, 2.24) is 5.01 Å². The molecule has 1 aromatic heterocycles. The molecule has 0 unspecified atom stereocenters. The largest absolute Gasteiger partial charge is 0.493 e. The van der Waals surface area contributed by atoms with Gasteiger partial charge >= 0.3 is 5.97 Å². The average Bonchev–Trinajstić information content (AvgIpc) is 3.36. The lowest BCUT2D eigenvalue weighted by atomic mass is 10.0. The highest BCUT2D eigenvalue weighted by atomic mass is 32.1. The maximum absolute atomic E-state index is 12.7. The highest BCUT2D eigenvalue weighted by Gasteiger charge is 2.33. The van der Waals surface area contributed by atoms with Gasteiger partial charge in [0.15, 0.2) is 11.5 Å². The summed E-state index contributed by atoms with van der Waals surface area (Å²) in [5, 5.41) is 16.9. The van der Waals surface area contributed by atoms with Gasteiger partial charge in [0.25, 0.3) is 0 Å². The third-order valence-corrected chi connectivity index (χ3v) is 5.51. The number of hydrogen-bond acceptors (Lipinski definition) is 6. The van der Waals surface area contributed by atoms with Crippen LogP contribution in [0.15, 0.2) is 40.8 Å². The van der Waals surface area contributed by atoms with Crippen LogP contribution in [0.25, 0.3) is 0 Å². The number of carboxylic acid groups (broad SMARTS) is 1. The molecule has 1 atom stereocenters. The van der Waals surface area contributed by atoms with Crippen LogP contribution in [0.2, 0.25) is 0 Å². The van der Waals surface area contributed by atoms with Crippen molar-refractivity contribution < 1.29 is 24.2 Å². The first kappa shape index (κ1) is 19.9. The molecule has 1 aliphatic heterocycles. The summed E-state index contributed by atoms with van der Waals surface area (Å²) in [5.74, 6) is 0.150. The number of rotatable bonds is 8. The van der Waals surface area contributed by atoms with Crippen molar-refractivity contribution in [3.63, 3.8) is 0 Å². The normalized spacial score (nSPS) is 16.0. The van der Waals surface area contributed by atoms with Gasteiger partial charge in [0.2, 0.25) is 5.91 Å². The number of thiophene rings is 1. The van der Waals surface area contributed by atoms with E-state index < -0.39 is 5.97 Å². The maximum atomic E-state index is 12.7. The van der Waals surface area contributed by atoms with E-state index in [1.54, 1.807) is 25.6 Å². The summed E-state index contributed by atoms with van der Waals surface area (Å²) < 4.78 is 10.7. The number of carboxylic acids is 1. The number of hydrazone groups is 1. The topological polar surface area (TPSA) is 88.4 Å². The van der Waals surface area contributed by atoms with Crippen LogP contribution in [0.1, 0.15) is 42.2 Å². The van der Waals surface area contributed by atoms with Crippen LogP contribution >= 0.6 is 11.3 Å². The second kappa shape index (κ2) is 8.88. The molecule has 1 aliphatic rings. The summed E-state index contributed by atoms with van der Waals surface area (Å²) in [7, 11) is 3.15. The Hall–Kier alpha value is -2.87. The van der Waals surface area contributed by atoms with Gasteiger partial charge in [0.1, 0.15) is 0 Å². The quantitative estimate of drug-likeness (QED) is 0.727. The molecule has 8 heteroatoms. The molecule has 1 aromatic carbocycles. The third kappa shape index (κ3) is 4.33. The Balaban J connectivity index is 1.86. The SMILES string of the molecule is COc1ccc(C2=NN(C(=O)CCCC(=O)O)[C@@H](c3cccs3)C2)cc1OC. The molecule has 1 amide bonds. The third-order valence-electron chi connectivity index (χ3n) is 4.54. The van der Waals surface area contributed by atoms with E-state index in [4.69, 9.17) is 14.6 Å². The van der Waals surface area contributed by atoms with E-state index in [0.29, 0.717) is 24.3 Å². The summed E-state index contributed by atoms with van der Waals surface area (Å²) in [6, 6.07) is 9.31. The summed E-state index contributed by atoms with van der Waals surface area (Å²) >= 11 is 1.58. The predicted molar refractivity (Wildman–Crippen MR) is 106 cm³/mol. The fourth-order valence-corrected chi connectivity index (χ4v) is 3.95. The smallest absolute Gasteiger partial charge is 0.303 e. The molecule has 2 heterocycles. The predicted octanol–water partition coefficient (Wildman–Crippen LogP) is 3.70. The van der Waals surface area contributed by atoms with Gasteiger partial charge < -0.3 is 14.6 Å². The van der Waals surface area contributed by atoms with Crippen LogP contribution < -0.4 is 9.47 Å². The summed E-state index contributed by atoms with van der Waals surface area (Å²) in [4.78, 5) is 24.5. The van der Waals surface area contributed by atoms with Crippen molar-refractivity contribution in [1.29, 1.82) is 0 Å². The number of hydrogen-bond donors (Lipinski definition) is 1. The fraction of sp³-hybridized carbons (Fsp3) is 0.350. The average molecular weight is 402 g/mol. The Morgan fingerprint density at radius 2 is 2.00 bits per heavy atom. The highest BCUT2D eigenvalue weighted by molar-refractivity contribution is 7.10. The molecule has 0 radical (unpaired) electrons. The van der Waals surface area contributed by atoms with E-state index in [1.165, 1.54) is 5.01 Å². The minimum absolute atomic E-state index is 0.0322. The van der Waals surface area contributed by atoms with E-state index in [9.17, 15) is 9.59 Å². The van der Waals surface area contributed by atoms with Crippen LogP contribution in [0.3, 0.4) is 0 Å². The van der Waals surface area contributed by atoms with Gasteiger partial charge in [-0.25, -0.2) is 5.01 Å². The summed E-state index contributed by atoms with van der Waals surface area (Å²) in [6.45, 7) is 0. The van der Waals surface area contributed by atoms with Crippen molar-refractivity contribution in [2.24, 2.45) is 5.10 Å². The molecular weight excluding hydrogens is 380 g/mol. The Morgan fingerprint density at radius 3 is 2.64 bits per heavy atom. The lowest BCUT2D eigenvalue weighted by molar-refractivity contribution is -0.137. The molecule has 0 fully saturated rings. The minimum atomic E-state index is -0.904. The van der Waals surface area contributed by atoms with Crippen LogP contribution in [0.4, 0.5) is 0 Å². The van der Waals surface area contributed by atoms with E-state index in [-0.39, 0.29) is 24.8 Å². The first-order valence-corrected chi connectivity index (χ1v) is 9.78. The molecule has 148 valence electrons. The van der Waals surface area contributed by atoms with Crippen LogP contribution in [-0.4, -0.2) is 41.9 Å². The van der Waals surface area contributed by atoms with Crippen LogP contribution in [0.5, 0.6) is 11.5 Å². The minimum Gasteiger partial charge on any atom is -0.493 e. The number of ether oxygens (including phenoxy) is 2. The van der Waals surface area contributed by atoms with Gasteiger partial charge in [-0.2, -0.15) is 5.10 Å². The van der Waals surface area contributed by atoms with Crippen molar-refractivity contribution in [2.75, 3.05) is 14.2 Å². The van der Waals surface area contributed by atoms with Gasteiger partial charge in [0.05, 0.1) is 26.0 Å². The standard InChI is InChI=1S/C20H22N2O5S/c1-26-16-9-8-13(11-17(16)27-2)14-12-15(18-5-4-10-28-18)22(21-14)19(23)6-3-7-20(24)25/h4-5,8-11,15H,3,6-7,12H2,1-2H3,(H,24,25)/t15-/m1/s1. The van der Waals surface area contributed by atoms with Gasteiger partial charge in [-0.15, -0.1) is 11.3 Å². The number of amides is 1. The monoisotopic (exact) mass is 402 g/mol. The van der Waals surface area contributed by atoms with Crippen molar-refractivity contribution in [2.45, 2.75) is 31.7 Å². The first-order chi connectivity index (χ1) is 13.5. The Morgan fingerprint density at radius 1 is 1.21 bits per heavy atom. The molecular formula is C20H22N2O5S. The molecule has 1 N–H and O–H groups in total. The lowest BCUT2D eigenvalue weighted by Crippen LogP contribution is -2.26. The number of nitrogens with zero attached hydrogens (tertiary/aromatic N) is 2. The molecule has 2 aromatic rings. The van der Waals surface area contributed by atoms with Gasteiger partial charge in [-0.05, 0) is 36.1 Å². The van der Waals surface area contributed by atoms with Crippen molar-refractivity contribution in [3.8, 4) is 11.5 Å². The van der Waals surface area contributed by atoms with Crippen LogP contribution in [0, 0.1) is 0 Å². The van der Waals surface area contributed by atoms with E-state index in [0.717, 1.165) is 16.2 Å². The van der Waals surface area contributed by atoms with E-state index in [1.807, 2.05) is 35.7 Å². The van der Waals surface area contributed by atoms with Crippen LogP contribution in [-0.2, 0) is 9.59 Å². The zero-order valence-corrected chi connectivity index (χ0v) is 16.6. The maximum Gasteiger partial charge on any atom is 0.303 e. The zero-order valence-electron chi connectivity index (χ0n) is 15.8. The first-order valence-electron chi connectivity index (χ1n) is 8.90. The molecule has 0 aliphatic carbocycles. The van der Waals surface area contributed by atoms with Gasteiger partial charge in [0, 0.05) is 29.7 Å². The molecule has 0 bridgehead atoms.